The summed E-state index contributed by atoms with van der Waals surface area (Å²) in [6.07, 6.45) is 3.48. The molecule has 5 nitrogen and oxygen atoms in total. The Morgan fingerprint density at radius 1 is 1.28 bits per heavy atom. The maximum absolute atomic E-state index is 13.1. The maximum atomic E-state index is 13.1. The van der Waals surface area contributed by atoms with Crippen LogP contribution in [0, 0.1) is 5.41 Å². The molecule has 0 atom stereocenters. The molecule has 0 bridgehead atoms. The Morgan fingerprint density at radius 3 is 2.68 bits per heavy atom. The van der Waals surface area contributed by atoms with Gasteiger partial charge in [-0.25, -0.2) is 4.98 Å². The molecule has 25 heavy (non-hydrogen) atoms. The number of hydrogen-bond donors (Lipinski definition) is 1. The first-order valence-corrected chi connectivity index (χ1v) is 9.96. The molecule has 2 fully saturated rings. The van der Waals surface area contributed by atoms with Gasteiger partial charge in [-0.15, -0.1) is 11.3 Å². The van der Waals surface area contributed by atoms with Crippen LogP contribution in [0.4, 0.5) is 0 Å². The number of piperidine rings is 1. The highest BCUT2D eigenvalue weighted by atomic mass is 32.1. The number of hydrogen-bond acceptors (Lipinski definition) is 5. The zero-order chi connectivity index (χ0) is 17.3. The van der Waals surface area contributed by atoms with Crippen LogP contribution < -0.4 is 5.73 Å². The highest BCUT2D eigenvalue weighted by Crippen LogP contribution is 2.37. The van der Waals surface area contributed by atoms with Gasteiger partial charge in [-0.2, -0.15) is 0 Å². The molecular weight excluding hydrogens is 334 g/mol. The van der Waals surface area contributed by atoms with Gasteiger partial charge in [0, 0.05) is 38.8 Å². The lowest BCUT2D eigenvalue weighted by Gasteiger charge is -2.41. The van der Waals surface area contributed by atoms with E-state index in [-0.39, 0.29) is 5.91 Å². The number of benzene rings is 1. The summed E-state index contributed by atoms with van der Waals surface area (Å²) >= 11 is 1.79. The first kappa shape index (κ1) is 16.9. The zero-order valence-corrected chi connectivity index (χ0v) is 15.3. The number of nitrogens with two attached hydrogens (primary N) is 1. The quantitative estimate of drug-likeness (QED) is 0.915. The molecule has 0 unspecified atom stereocenters. The highest BCUT2D eigenvalue weighted by Gasteiger charge is 2.42. The number of carbonyl (C=O) groups excluding carboxylic acids is 1. The summed E-state index contributed by atoms with van der Waals surface area (Å²) in [5.74, 6) is 0.700. The molecule has 2 aliphatic heterocycles. The lowest BCUT2D eigenvalue weighted by molar-refractivity contribution is -0.148. The molecule has 2 aromatic rings. The minimum absolute atomic E-state index is 0.237. The van der Waals surface area contributed by atoms with E-state index in [1.54, 1.807) is 11.3 Å². The fourth-order valence-electron chi connectivity index (χ4n) is 4.00. The third kappa shape index (κ3) is 3.18. The highest BCUT2D eigenvalue weighted by molar-refractivity contribution is 7.18. The first-order valence-electron chi connectivity index (χ1n) is 9.14. The monoisotopic (exact) mass is 359 g/mol. The van der Waals surface area contributed by atoms with E-state index < -0.39 is 5.41 Å². The van der Waals surface area contributed by atoms with Crippen LogP contribution in [0.3, 0.4) is 0 Å². The Morgan fingerprint density at radius 2 is 2.00 bits per heavy atom. The summed E-state index contributed by atoms with van der Waals surface area (Å²) in [7, 11) is 0. The van der Waals surface area contributed by atoms with Crippen molar-refractivity contribution in [1.82, 2.24) is 9.88 Å². The zero-order valence-electron chi connectivity index (χ0n) is 14.4. The van der Waals surface area contributed by atoms with Gasteiger partial charge < -0.3 is 15.4 Å². The fourth-order valence-corrected chi connectivity index (χ4v) is 5.13. The SMILES string of the molecule is NCC1(C(=O)N2CCC(c3nc4ccccc4s3)CC2)CCOCC1. The Bertz CT molecular complexity index is 713. The number of ether oxygens (including phenoxy) is 1. The largest absolute Gasteiger partial charge is 0.381 e. The predicted molar refractivity (Wildman–Crippen MR) is 99.7 cm³/mol. The lowest BCUT2D eigenvalue weighted by Crippen LogP contribution is -2.52. The number of para-hydroxylation sites is 1. The first-order chi connectivity index (χ1) is 12.2. The molecule has 0 aliphatic carbocycles. The molecule has 6 heteroatoms. The van der Waals surface area contributed by atoms with Crippen LogP contribution in [0.1, 0.15) is 36.6 Å². The van der Waals surface area contributed by atoms with E-state index in [4.69, 9.17) is 15.5 Å². The van der Waals surface area contributed by atoms with Crippen molar-refractivity contribution in [2.45, 2.75) is 31.6 Å². The van der Waals surface area contributed by atoms with E-state index in [2.05, 4.69) is 18.2 Å². The molecule has 3 heterocycles. The van der Waals surface area contributed by atoms with Gasteiger partial charge in [-0.3, -0.25) is 4.79 Å². The van der Waals surface area contributed by atoms with Crippen LogP contribution in [0.25, 0.3) is 10.2 Å². The Balaban J connectivity index is 1.43. The van der Waals surface area contributed by atoms with Crippen LogP contribution in [0.5, 0.6) is 0 Å². The van der Waals surface area contributed by atoms with Crippen molar-refractivity contribution in [3.63, 3.8) is 0 Å². The number of rotatable bonds is 3. The Labute approximate surface area is 152 Å². The predicted octanol–water partition coefficient (Wildman–Crippen LogP) is 2.76. The van der Waals surface area contributed by atoms with Crippen LogP contribution in [-0.4, -0.2) is 48.6 Å². The van der Waals surface area contributed by atoms with E-state index in [1.807, 2.05) is 11.0 Å². The summed E-state index contributed by atoms with van der Waals surface area (Å²) < 4.78 is 6.68. The third-order valence-corrected chi connectivity index (χ3v) is 6.94. The average molecular weight is 359 g/mol. The van der Waals surface area contributed by atoms with Gasteiger partial charge >= 0.3 is 0 Å². The number of amides is 1. The fraction of sp³-hybridized carbons (Fsp3) is 0.579. The van der Waals surface area contributed by atoms with Gasteiger partial charge in [0.2, 0.25) is 5.91 Å². The number of thiazole rings is 1. The summed E-state index contributed by atoms with van der Waals surface area (Å²) in [6, 6.07) is 8.30. The van der Waals surface area contributed by atoms with Crippen LogP contribution in [0.15, 0.2) is 24.3 Å². The molecule has 0 saturated carbocycles. The van der Waals surface area contributed by atoms with Crippen LogP contribution in [0.2, 0.25) is 0 Å². The molecule has 1 aromatic carbocycles. The van der Waals surface area contributed by atoms with Crippen molar-refractivity contribution < 1.29 is 9.53 Å². The van der Waals surface area contributed by atoms with Crippen molar-refractivity contribution in [2.75, 3.05) is 32.8 Å². The normalized spacial score (nSPS) is 21.6. The molecule has 4 rings (SSSR count). The van der Waals surface area contributed by atoms with Crippen molar-refractivity contribution in [3.05, 3.63) is 29.3 Å². The van der Waals surface area contributed by atoms with Crippen LogP contribution >= 0.6 is 11.3 Å². The van der Waals surface area contributed by atoms with E-state index in [0.717, 1.165) is 44.3 Å². The van der Waals surface area contributed by atoms with Gasteiger partial charge in [-0.1, -0.05) is 12.1 Å². The second-order valence-electron chi connectivity index (χ2n) is 7.18. The minimum atomic E-state index is -0.402. The molecule has 0 spiro atoms. The standard InChI is InChI=1S/C19H25N3O2S/c20-13-19(7-11-24-12-8-19)18(23)22-9-5-14(6-10-22)17-21-15-3-1-2-4-16(15)25-17/h1-4,14H,5-13,20H2. The third-order valence-electron chi connectivity index (χ3n) is 5.74. The molecule has 2 aliphatic rings. The van der Waals surface area contributed by atoms with E-state index in [0.29, 0.717) is 25.7 Å². The van der Waals surface area contributed by atoms with Gasteiger partial charge in [0.15, 0.2) is 0 Å². The maximum Gasteiger partial charge on any atom is 0.230 e. The summed E-state index contributed by atoms with van der Waals surface area (Å²) in [4.78, 5) is 19.9. The topological polar surface area (TPSA) is 68.5 Å². The second kappa shape index (κ2) is 7.02. The smallest absolute Gasteiger partial charge is 0.230 e. The molecule has 2 N–H and O–H groups in total. The van der Waals surface area contributed by atoms with Gasteiger partial charge in [0.1, 0.15) is 0 Å². The van der Waals surface area contributed by atoms with Crippen molar-refractivity contribution in [1.29, 1.82) is 0 Å². The van der Waals surface area contributed by atoms with Gasteiger partial charge in [0.05, 0.1) is 20.6 Å². The average Bonchev–Trinajstić information content (AvgIpc) is 3.12. The van der Waals surface area contributed by atoms with E-state index >= 15 is 0 Å². The molecular formula is C19H25N3O2S. The number of fused-ring (bicyclic) bond motifs is 1. The number of aromatic nitrogens is 1. The minimum Gasteiger partial charge on any atom is -0.381 e. The number of likely N-dealkylation sites (tertiary alicyclic amines) is 1. The second-order valence-corrected chi connectivity index (χ2v) is 8.25. The van der Waals surface area contributed by atoms with Gasteiger partial charge in [-0.05, 0) is 37.8 Å². The van der Waals surface area contributed by atoms with E-state index in [1.165, 1.54) is 9.71 Å². The molecule has 134 valence electrons. The van der Waals surface area contributed by atoms with Gasteiger partial charge in [0.25, 0.3) is 0 Å². The summed E-state index contributed by atoms with van der Waals surface area (Å²) in [5.41, 5.74) is 6.68. The summed E-state index contributed by atoms with van der Waals surface area (Å²) in [5, 5.41) is 1.22. The lowest BCUT2D eigenvalue weighted by atomic mass is 9.78. The van der Waals surface area contributed by atoms with Crippen molar-refractivity contribution >= 4 is 27.5 Å². The molecule has 1 aromatic heterocycles. The van der Waals surface area contributed by atoms with Crippen molar-refractivity contribution in [2.24, 2.45) is 11.1 Å². The Hall–Kier alpha value is -1.50. The van der Waals surface area contributed by atoms with E-state index in [9.17, 15) is 4.79 Å². The number of nitrogens with zero attached hydrogens (tertiary/aromatic N) is 2. The Kier molecular flexibility index (Phi) is 4.75. The number of carbonyl (C=O) groups is 1. The van der Waals surface area contributed by atoms with Crippen LogP contribution in [-0.2, 0) is 9.53 Å². The van der Waals surface area contributed by atoms with Crippen molar-refractivity contribution in [3.8, 4) is 0 Å². The molecule has 0 radical (unpaired) electrons. The summed E-state index contributed by atoms with van der Waals surface area (Å²) in [6.45, 7) is 3.33. The molecule has 1 amide bonds. The molecule has 2 saturated heterocycles.